The highest BCUT2D eigenvalue weighted by Crippen LogP contribution is 2.30. The van der Waals surface area contributed by atoms with E-state index in [-0.39, 0.29) is 0 Å². The van der Waals surface area contributed by atoms with Crippen LogP contribution in [0.2, 0.25) is 0 Å². The summed E-state index contributed by atoms with van der Waals surface area (Å²) < 4.78 is 0. The first kappa shape index (κ1) is 11.2. The lowest BCUT2D eigenvalue weighted by atomic mass is 9.81. The van der Waals surface area contributed by atoms with Crippen molar-refractivity contribution in [3.63, 3.8) is 0 Å². The maximum atomic E-state index is 11.7. The van der Waals surface area contributed by atoms with Gasteiger partial charge in [0.05, 0.1) is 0 Å². The number of ketones is 1. The summed E-state index contributed by atoms with van der Waals surface area (Å²) in [4.78, 5) is 11.7. The minimum atomic E-state index is 0.380. The molecule has 0 amide bonds. The van der Waals surface area contributed by atoms with Crippen molar-refractivity contribution in [2.75, 3.05) is 0 Å². The van der Waals surface area contributed by atoms with Crippen LogP contribution in [0.5, 0.6) is 0 Å². The van der Waals surface area contributed by atoms with Gasteiger partial charge >= 0.3 is 0 Å². The Morgan fingerprint density at radius 2 is 2.29 bits per heavy atom. The Morgan fingerprint density at radius 1 is 1.57 bits per heavy atom. The maximum absolute atomic E-state index is 11.7. The Balaban J connectivity index is 2.51. The zero-order valence-electron chi connectivity index (χ0n) is 9.31. The molecule has 1 atom stereocenters. The molecule has 0 bridgehead atoms. The molecule has 1 heteroatoms. The molecule has 78 valence electrons. The van der Waals surface area contributed by atoms with Gasteiger partial charge in [0, 0.05) is 6.42 Å². The molecular weight excluding hydrogens is 172 g/mol. The molecule has 0 spiro atoms. The molecule has 1 fully saturated rings. The van der Waals surface area contributed by atoms with E-state index in [1.165, 1.54) is 12.0 Å². The number of Topliss-reactive ketones (excluding diaryl/α,β-unsaturated/α-hetero) is 1. The Kier molecular flexibility index (Phi) is 4.12. The Hall–Kier alpha value is -0.850. The lowest BCUT2D eigenvalue weighted by Gasteiger charge is -2.23. The topological polar surface area (TPSA) is 17.1 Å². The smallest absolute Gasteiger partial charge is 0.159 e. The summed E-state index contributed by atoms with van der Waals surface area (Å²) in [6.07, 6.45) is 7.05. The summed E-state index contributed by atoms with van der Waals surface area (Å²) in [6.45, 7) is 7.79. The van der Waals surface area contributed by atoms with E-state index in [1.54, 1.807) is 0 Å². The first-order chi connectivity index (χ1) is 6.65. The fraction of sp³-hybridized carbons (Fsp3) is 0.615. The van der Waals surface area contributed by atoms with Gasteiger partial charge in [0.2, 0.25) is 0 Å². The van der Waals surface area contributed by atoms with Gasteiger partial charge in [0.25, 0.3) is 0 Å². The first-order valence-corrected chi connectivity index (χ1v) is 5.45. The molecule has 1 saturated carbocycles. The van der Waals surface area contributed by atoms with Gasteiger partial charge in [-0.05, 0) is 51.0 Å². The molecular formula is C13H20O. The summed E-state index contributed by atoms with van der Waals surface area (Å²) in [6, 6.07) is 0. The van der Waals surface area contributed by atoms with E-state index in [0.717, 1.165) is 31.3 Å². The number of hydrogen-bond donors (Lipinski definition) is 0. The third-order valence-electron chi connectivity index (χ3n) is 3.00. The van der Waals surface area contributed by atoms with Gasteiger partial charge in [0.15, 0.2) is 5.78 Å². The summed E-state index contributed by atoms with van der Waals surface area (Å²) in [5, 5.41) is 0. The number of allylic oxidation sites excluding steroid dienone is 3. The predicted octanol–water partition coefficient (Wildman–Crippen LogP) is 3.66. The average Bonchev–Trinajstić information content (AvgIpc) is 2.14. The van der Waals surface area contributed by atoms with Crippen molar-refractivity contribution < 1.29 is 4.79 Å². The zero-order valence-corrected chi connectivity index (χ0v) is 9.31. The molecule has 1 rings (SSSR count). The Morgan fingerprint density at radius 3 is 2.79 bits per heavy atom. The fourth-order valence-electron chi connectivity index (χ4n) is 2.10. The maximum Gasteiger partial charge on any atom is 0.159 e. The lowest BCUT2D eigenvalue weighted by molar-refractivity contribution is -0.117. The van der Waals surface area contributed by atoms with Crippen LogP contribution in [0.3, 0.4) is 0 Å². The summed E-state index contributed by atoms with van der Waals surface area (Å²) in [5.41, 5.74) is 2.29. The first-order valence-electron chi connectivity index (χ1n) is 5.45. The lowest BCUT2D eigenvalue weighted by Crippen LogP contribution is -2.18. The van der Waals surface area contributed by atoms with Crippen molar-refractivity contribution in [3.8, 4) is 0 Å². The van der Waals surface area contributed by atoms with Crippen LogP contribution in [0.25, 0.3) is 0 Å². The van der Waals surface area contributed by atoms with E-state index in [1.807, 2.05) is 19.9 Å². The summed E-state index contributed by atoms with van der Waals surface area (Å²) >= 11 is 0. The number of rotatable bonds is 3. The quantitative estimate of drug-likeness (QED) is 0.492. The normalized spacial score (nSPS) is 22.3. The van der Waals surface area contributed by atoms with E-state index >= 15 is 0 Å². The highest BCUT2D eigenvalue weighted by atomic mass is 16.1. The van der Waals surface area contributed by atoms with Crippen LogP contribution < -0.4 is 0 Å². The van der Waals surface area contributed by atoms with Gasteiger partial charge < -0.3 is 0 Å². The molecule has 1 aliphatic carbocycles. The SMILES string of the molecule is C=CCCC1CCC(=C(C)C)C(=O)C1. The Bertz CT molecular complexity index is 256. The largest absolute Gasteiger partial charge is 0.295 e. The van der Waals surface area contributed by atoms with E-state index in [2.05, 4.69) is 6.58 Å². The van der Waals surface area contributed by atoms with E-state index in [9.17, 15) is 4.79 Å². The second-order valence-electron chi connectivity index (χ2n) is 4.38. The van der Waals surface area contributed by atoms with Crippen LogP contribution in [-0.4, -0.2) is 5.78 Å². The number of hydrogen-bond acceptors (Lipinski definition) is 1. The summed E-state index contributed by atoms with van der Waals surface area (Å²) in [5.74, 6) is 0.980. The monoisotopic (exact) mass is 192 g/mol. The van der Waals surface area contributed by atoms with Gasteiger partial charge in [-0.25, -0.2) is 0 Å². The van der Waals surface area contributed by atoms with Gasteiger partial charge in [-0.1, -0.05) is 11.6 Å². The number of carbonyl (C=O) groups is 1. The molecule has 0 saturated heterocycles. The minimum Gasteiger partial charge on any atom is -0.295 e. The van der Waals surface area contributed by atoms with Crippen LogP contribution in [0.1, 0.15) is 46.0 Å². The van der Waals surface area contributed by atoms with Gasteiger partial charge in [-0.3, -0.25) is 4.79 Å². The van der Waals surface area contributed by atoms with Gasteiger partial charge in [-0.2, -0.15) is 0 Å². The van der Waals surface area contributed by atoms with Crippen LogP contribution >= 0.6 is 0 Å². The van der Waals surface area contributed by atoms with Gasteiger partial charge in [0.1, 0.15) is 0 Å². The Labute approximate surface area is 86.9 Å². The van der Waals surface area contributed by atoms with Crippen molar-refractivity contribution >= 4 is 5.78 Å². The molecule has 14 heavy (non-hydrogen) atoms. The van der Waals surface area contributed by atoms with Crippen LogP contribution in [0, 0.1) is 5.92 Å². The highest BCUT2D eigenvalue weighted by Gasteiger charge is 2.23. The number of carbonyl (C=O) groups excluding carboxylic acids is 1. The zero-order chi connectivity index (χ0) is 10.6. The highest BCUT2D eigenvalue weighted by molar-refractivity contribution is 5.96. The molecule has 0 heterocycles. The van der Waals surface area contributed by atoms with Crippen LogP contribution in [-0.2, 0) is 4.79 Å². The van der Waals surface area contributed by atoms with Crippen molar-refractivity contribution in [2.24, 2.45) is 5.92 Å². The van der Waals surface area contributed by atoms with Crippen LogP contribution in [0.15, 0.2) is 23.8 Å². The minimum absolute atomic E-state index is 0.380. The van der Waals surface area contributed by atoms with Crippen LogP contribution in [0.4, 0.5) is 0 Å². The molecule has 1 aliphatic rings. The molecule has 1 unspecified atom stereocenters. The molecule has 0 aliphatic heterocycles. The third-order valence-corrected chi connectivity index (χ3v) is 3.00. The van der Waals surface area contributed by atoms with E-state index < -0.39 is 0 Å². The fourth-order valence-corrected chi connectivity index (χ4v) is 2.10. The van der Waals surface area contributed by atoms with Crippen molar-refractivity contribution in [2.45, 2.75) is 46.0 Å². The molecule has 0 aromatic rings. The van der Waals surface area contributed by atoms with E-state index in [0.29, 0.717) is 11.7 Å². The molecule has 0 N–H and O–H groups in total. The van der Waals surface area contributed by atoms with Gasteiger partial charge in [-0.15, -0.1) is 6.58 Å². The molecule has 1 nitrogen and oxygen atoms in total. The standard InChI is InChI=1S/C13H20O/c1-4-5-6-11-7-8-12(10(2)3)13(14)9-11/h4,11H,1,5-9H2,2-3H3. The molecule has 0 radical (unpaired) electrons. The van der Waals surface area contributed by atoms with Crippen molar-refractivity contribution in [1.29, 1.82) is 0 Å². The van der Waals surface area contributed by atoms with Crippen molar-refractivity contribution in [1.82, 2.24) is 0 Å². The molecule has 0 aromatic heterocycles. The second kappa shape index (κ2) is 5.14. The summed E-state index contributed by atoms with van der Waals surface area (Å²) in [7, 11) is 0. The second-order valence-corrected chi connectivity index (χ2v) is 4.38. The third kappa shape index (κ3) is 2.83. The average molecular weight is 192 g/mol. The van der Waals surface area contributed by atoms with Crippen molar-refractivity contribution in [3.05, 3.63) is 23.8 Å². The predicted molar refractivity (Wildman–Crippen MR) is 60.2 cm³/mol. The van der Waals surface area contributed by atoms with E-state index in [4.69, 9.17) is 0 Å². The molecule has 0 aromatic carbocycles.